The Bertz CT molecular complexity index is 705. The van der Waals surface area contributed by atoms with Gasteiger partial charge in [0.05, 0.1) is 11.8 Å². The lowest BCUT2D eigenvalue weighted by atomic mass is 9.78. The number of rotatable bonds is 3. The van der Waals surface area contributed by atoms with E-state index in [1.807, 2.05) is 20.0 Å². The van der Waals surface area contributed by atoms with Crippen LogP contribution in [0.4, 0.5) is 4.39 Å². The highest BCUT2D eigenvalue weighted by Gasteiger charge is 2.35. The van der Waals surface area contributed by atoms with Crippen LogP contribution in [0.2, 0.25) is 0 Å². The van der Waals surface area contributed by atoms with E-state index in [9.17, 15) is 4.39 Å². The van der Waals surface area contributed by atoms with Crippen LogP contribution in [-0.4, -0.2) is 46.6 Å². The van der Waals surface area contributed by atoms with Crippen LogP contribution < -0.4 is 4.74 Å². The molecule has 5 nitrogen and oxygen atoms in total. The standard InChI is InChI=1S/C16H19FN4O/c1-16(10-21(2)6-4-13(16)7-17)11-22-15-19-9-12-8-18-5-3-14(12)20-15/h3,5,7-9H,4,6,10-11H2,1-2H3/b13-7+/t16-/m0/s1. The van der Waals surface area contributed by atoms with Crippen molar-refractivity contribution in [2.45, 2.75) is 13.3 Å². The zero-order chi connectivity index (χ0) is 15.6. The molecule has 0 unspecified atom stereocenters. The summed E-state index contributed by atoms with van der Waals surface area (Å²) in [5, 5.41) is 0.864. The fourth-order valence-electron chi connectivity index (χ4n) is 2.86. The molecule has 22 heavy (non-hydrogen) atoms. The number of aromatic nitrogens is 3. The maximum Gasteiger partial charge on any atom is 0.316 e. The molecular weight excluding hydrogens is 283 g/mol. The summed E-state index contributed by atoms with van der Waals surface area (Å²) in [6.07, 6.45) is 6.52. The molecule has 0 bridgehead atoms. The minimum Gasteiger partial charge on any atom is -0.462 e. The van der Waals surface area contributed by atoms with E-state index in [4.69, 9.17) is 4.74 Å². The molecule has 0 spiro atoms. The molecule has 0 aliphatic carbocycles. The van der Waals surface area contributed by atoms with Gasteiger partial charge in [-0.05, 0) is 25.1 Å². The maximum atomic E-state index is 13.2. The van der Waals surface area contributed by atoms with Gasteiger partial charge in [-0.1, -0.05) is 6.92 Å². The van der Waals surface area contributed by atoms with Crippen LogP contribution in [0.1, 0.15) is 13.3 Å². The number of nitrogens with zero attached hydrogens (tertiary/aromatic N) is 4. The molecule has 1 aliphatic rings. The Kier molecular flexibility index (Phi) is 4.02. The second-order valence-electron chi connectivity index (χ2n) is 6.06. The van der Waals surface area contributed by atoms with E-state index in [0.29, 0.717) is 12.6 Å². The fourth-order valence-corrected chi connectivity index (χ4v) is 2.86. The van der Waals surface area contributed by atoms with E-state index >= 15 is 0 Å². The highest BCUT2D eigenvalue weighted by molar-refractivity contribution is 5.76. The van der Waals surface area contributed by atoms with Crippen LogP contribution in [0.25, 0.3) is 10.9 Å². The van der Waals surface area contributed by atoms with E-state index in [0.717, 1.165) is 42.3 Å². The zero-order valence-corrected chi connectivity index (χ0v) is 12.8. The van der Waals surface area contributed by atoms with Gasteiger partial charge in [-0.25, -0.2) is 9.37 Å². The van der Waals surface area contributed by atoms with Crippen molar-refractivity contribution in [2.75, 3.05) is 26.7 Å². The van der Waals surface area contributed by atoms with Crippen LogP contribution in [0.15, 0.2) is 36.6 Å². The molecule has 1 fully saturated rings. The van der Waals surface area contributed by atoms with Crippen molar-refractivity contribution in [1.82, 2.24) is 19.9 Å². The van der Waals surface area contributed by atoms with Crippen molar-refractivity contribution < 1.29 is 9.13 Å². The molecule has 1 aliphatic heterocycles. The van der Waals surface area contributed by atoms with Gasteiger partial charge in [0.1, 0.15) is 6.61 Å². The van der Waals surface area contributed by atoms with Gasteiger partial charge >= 0.3 is 6.01 Å². The van der Waals surface area contributed by atoms with Crippen LogP contribution in [0.5, 0.6) is 6.01 Å². The lowest BCUT2D eigenvalue weighted by Gasteiger charge is -2.39. The molecule has 1 atom stereocenters. The first kappa shape index (κ1) is 14.8. The van der Waals surface area contributed by atoms with Crippen LogP contribution in [-0.2, 0) is 0 Å². The Morgan fingerprint density at radius 1 is 1.45 bits per heavy atom. The first-order chi connectivity index (χ1) is 10.6. The normalized spacial score (nSPS) is 24.8. The molecular formula is C16H19FN4O. The Balaban J connectivity index is 1.77. The van der Waals surface area contributed by atoms with Gasteiger partial charge in [0.2, 0.25) is 0 Å². The molecule has 2 aromatic rings. The van der Waals surface area contributed by atoms with Crippen LogP contribution >= 0.6 is 0 Å². The molecule has 2 aromatic heterocycles. The quantitative estimate of drug-likeness (QED) is 0.872. The van der Waals surface area contributed by atoms with Crippen LogP contribution in [0, 0.1) is 5.41 Å². The first-order valence-corrected chi connectivity index (χ1v) is 7.28. The first-order valence-electron chi connectivity index (χ1n) is 7.28. The molecule has 0 radical (unpaired) electrons. The highest BCUT2D eigenvalue weighted by atomic mass is 19.1. The SMILES string of the molecule is CN1CC/C(=C\F)[C@](C)(COc2ncc3cnccc3n2)C1. The van der Waals surface area contributed by atoms with E-state index in [-0.39, 0.29) is 5.41 Å². The summed E-state index contributed by atoms with van der Waals surface area (Å²) in [5.74, 6) is 0. The minimum absolute atomic E-state index is 0.311. The van der Waals surface area contributed by atoms with Gasteiger partial charge in [-0.3, -0.25) is 4.98 Å². The molecule has 6 heteroatoms. The van der Waals surface area contributed by atoms with Crippen LogP contribution in [0.3, 0.4) is 0 Å². The van der Waals surface area contributed by atoms with E-state index in [1.54, 1.807) is 18.6 Å². The Morgan fingerprint density at radius 3 is 3.14 bits per heavy atom. The van der Waals surface area contributed by atoms with Crippen molar-refractivity contribution >= 4 is 10.9 Å². The number of pyridine rings is 1. The summed E-state index contributed by atoms with van der Waals surface area (Å²) in [6, 6.07) is 2.12. The monoisotopic (exact) mass is 302 g/mol. The third-order valence-corrected chi connectivity index (χ3v) is 4.17. The van der Waals surface area contributed by atoms with Crippen molar-refractivity contribution in [3.05, 3.63) is 36.6 Å². The zero-order valence-electron chi connectivity index (χ0n) is 12.8. The maximum absolute atomic E-state index is 13.2. The topological polar surface area (TPSA) is 51.1 Å². The molecule has 0 saturated carbocycles. The van der Waals surface area contributed by atoms with Gasteiger partial charge in [0.25, 0.3) is 0 Å². The summed E-state index contributed by atoms with van der Waals surface area (Å²) in [4.78, 5) is 14.8. The van der Waals surface area contributed by atoms with Gasteiger partial charge in [-0.15, -0.1) is 0 Å². The molecule has 0 aromatic carbocycles. The second-order valence-corrected chi connectivity index (χ2v) is 6.06. The average molecular weight is 302 g/mol. The number of likely N-dealkylation sites (tertiary alicyclic amines) is 1. The number of hydrogen-bond donors (Lipinski definition) is 0. The predicted molar refractivity (Wildman–Crippen MR) is 82.2 cm³/mol. The molecule has 1 saturated heterocycles. The molecule has 3 heterocycles. The third kappa shape index (κ3) is 2.92. The van der Waals surface area contributed by atoms with Gasteiger partial charge in [0, 0.05) is 42.5 Å². The summed E-state index contributed by atoms with van der Waals surface area (Å²) < 4.78 is 18.9. The van der Waals surface area contributed by atoms with Gasteiger partial charge in [-0.2, -0.15) is 4.98 Å². The van der Waals surface area contributed by atoms with E-state index in [1.165, 1.54) is 0 Å². The van der Waals surface area contributed by atoms with Gasteiger partial charge < -0.3 is 9.64 Å². The number of piperidine rings is 1. The summed E-state index contributed by atoms with van der Waals surface area (Å²) >= 11 is 0. The number of fused-ring (bicyclic) bond motifs is 1. The summed E-state index contributed by atoms with van der Waals surface area (Å²) in [6.45, 7) is 3.98. The highest BCUT2D eigenvalue weighted by Crippen LogP contribution is 2.34. The predicted octanol–water partition coefficient (Wildman–Crippen LogP) is 2.60. The molecule has 3 rings (SSSR count). The van der Waals surface area contributed by atoms with E-state index < -0.39 is 0 Å². The smallest absolute Gasteiger partial charge is 0.316 e. The fraction of sp³-hybridized carbons (Fsp3) is 0.438. The average Bonchev–Trinajstić information content (AvgIpc) is 2.53. The van der Waals surface area contributed by atoms with Crippen molar-refractivity contribution in [3.8, 4) is 6.01 Å². The number of halogens is 1. The molecule has 0 amide bonds. The van der Waals surface area contributed by atoms with Gasteiger partial charge in [0.15, 0.2) is 0 Å². The van der Waals surface area contributed by atoms with Crippen molar-refractivity contribution in [3.63, 3.8) is 0 Å². The number of hydrogen-bond acceptors (Lipinski definition) is 5. The Labute approximate surface area is 128 Å². The van der Waals surface area contributed by atoms with Crippen molar-refractivity contribution in [1.29, 1.82) is 0 Å². The lowest BCUT2D eigenvalue weighted by Crippen LogP contribution is -2.44. The van der Waals surface area contributed by atoms with Crippen molar-refractivity contribution in [2.24, 2.45) is 5.41 Å². The molecule has 0 N–H and O–H groups in total. The lowest BCUT2D eigenvalue weighted by molar-refractivity contribution is 0.109. The van der Waals surface area contributed by atoms with E-state index in [2.05, 4.69) is 19.9 Å². The Morgan fingerprint density at radius 2 is 2.32 bits per heavy atom. The Hall–Kier alpha value is -2.08. The largest absolute Gasteiger partial charge is 0.462 e. The summed E-state index contributed by atoms with van der Waals surface area (Å²) in [7, 11) is 2.03. The third-order valence-electron chi connectivity index (χ3n) is 4.17. The number of ether oxygens (including phenoxy) is 1. The minimum atomic E-state index is -0.363. The second kappa shape index (κ2) is 5.96. The summed E-state index contributed by atoms with van der Waals surface area (Å²) in [5.41, 5.74) is 1.21. The molecule has 116 valence electrons.